The van der Waals surface area contributed by atoms with E-state index < -0.39 is 0 Å². The maximum Gasteiger partial charge on any atom is 0.227 e. The Morgan fingerprint density at radius 2 is 1.76 bits per heavy atom. The van der Waals surface area contributed by atoms with Crippen molar-refractivity contribution in [3.63, 3.8) is 0 Å². The van der Waals surface area contributed by atoms with Crippen molar-refractivity contribution in [1.29, 1.82) is 0 Å². The summed E-state index contributed by atoms with van der Waals surface area (Å²) in [7, 11) is 0. The number of hydrogen-bond donors (Lipinski definition) is 3. The summed E-state index contributed by atoms with van der Waals surface area (Å²) in [6.07, 6.45) is 4.97. The zero-order valence-electron chi connectivity index (χ0n) is 23.3. The minimum atomic E-state index is -0.199. The van der Waals surface area contributed by atoms with E-state index in [2.05, 4.69) is 75.5 Å². The summed E-state index contributed by atoms with van der Waals surface area (Å²) in [5.74, 6) is 1.04. The second kappa shape index (κ2) is 11.2. The van der Waals surface area contributed by atoms with Crippen molar-refractivity contribution in [3.8, 4) is 17.0 Å². The van der Waals surface area contributed by atoms with Crippen LogP contribution >= 0.6 is 0 Å². The lowest BCUT2D eigenvalue weighted by Crippen LogP contribution is -2.51. The van der Waals surface area contributed by atoms with E-state index in [-0.39, 0.29) is 24.1 Å². The van der Waals surface area contributed by atoms with Crippen LogP contribution in [0.4, 0.5) is 0 Å². The molecular formula is C35H33N5O2. The number of aromatic amines is 2. The summed E-state index contributed by atoms with van der Waals surface area (Å²) in [4.78, 5) is 29.9. The topological polar surface area (TPSA) is 88.2 Å². The number of H-pyrrole nitrogens is 2. The molecule has 1 aliphatic heterocycles. The number of nitrogens with one attached hydrogen (secondary N) is 2. The van der Waals surface area contributed by atoms with Gasteiger partial charge in [0.25, 0.3) is 0 Å². The van der Waals surface area contributed by atoms with Crippen molar-refractivity contribution in [3.05, 3.63) is 120 Å². The number of phenolic OH excluding ortho intramolecular Hbond substituents is 1. The van der Waals surface area contributed by atoms with Gasteiger partial charge in [-0.3, -0.25) is 9.69 Å². The van der Waals surface area contributed by atoms with Crippen molar-refractivity contribution in [2.45, 2.75) is 18.9 Å². The predicted octanol–water partition coefficient (Wildman–Crippen LogP) is 6.09. The third-order valence-corrected chi connectivity index (χ3v) is 8.41. The monoisotopic (exact) mass is 555 g/mol. The highest BCUT2D eigenvalue weighted by Gasteiger charge is 2.33. The highest BCUT2D eigenvalue weighted by Crippen LogP contribution is 2.30. The molecule has 1 unspecified atom stereocenters. The van der Waals surface area contributed by atoms with E-state index >= 15 is 0 Å². The van der Waals surface area contributed by atoms with Crippen LogP contribution in [0.5, 0.6) is 5.75 Å². The van der Waals surface area contributed by atoms with Gasteiger partial charge in [0.2, 0.25) is 5.91 Å². The largest absolute Gasteiger partial charge is 0.508 e. The van der Waals surface area contributed by atoms with E-state index in [9.17, 15) is 9.90 Å². The minimum Gasteiger partial charge on any atom is -0.508 e. The lowest BCUT2D eigenvalue weighted by atomic mass is 10.1. The lowest BCUT2D eigenvalue weighted by Gasteiger charge is -2.40. The molecule has 3 heterocycles. The Kier molecular flexibility index (Phi) is 6.93. The standard InChI is InChI=1S/C35H33N5O2/c41-29-12-13-31-30(20-29)28(21-36-31)19-34(42)40-17-16-39(15-14-24-6-2-1-3-7-24)23-33(40)35-37-22-32(38-35)27-11-10-25-8-4-5-9-26(25)18-27/h1-13,18,20-22,33,36,41H,14-17,19,23H2,(H,37,38). The quantitative estimate of drug-likeness (QED) is 0.223. The summed E-state index contributed by atoms with van der Waals surface area (Å²) in [6.45, 7) is 3.06. The number of aromatic nitrogens is 3. The molecule has 7 rings (SSSR count). The summed E-state index contributed by atoms with van der Waals surface area (Å²) in [5, 5.41) is 13.3. The summed E-state index contributed by atoms with van der Waals surface area (Å²) in [6, 6.07) is 30.3. The first-order valence-electron chi connectivity index (χ1n) is 14.5. The Morgan fingerprint density at radius 3 is 2.64 bits per heavy atom. The molecule has 1 atom stereocenters. The molecule has 1 amide bonds. The van der Waals surface area contributed by atoms with Gasteiger partial charge in [0.05, 0.1) is 18.3 Å². The Bertz CT molecular complexity index is 1860. The maximum atomic E-state index is 13.9. The summed E-state index contributed by atoms with van der Waals surface area (Å²) < 4.78 is 0. The summed E-state index contributed by atoms with van der Waals surface area (Å²) >= 11 is 0. The van der Waals surface area contributed by atoms with Gasteiger partial charge in [0.1, 0.15) is 17.6 Å². The first-order chi connectivity index (χ1) is 20.6. The van der Waals surface area contributed by atoms with Crippen molar-refractivity contribution in [2.75, 3.05) is 26.2 Å². The van der Waals surface area contributed by atoms with Gasteiger partial charge in [-0.05, 0) is 52.6 Å². The molecule has 6 aromatic rings. The first kappa shape index (κ1) is 26.0. The molecule has 0 bridgehead atoms. The average molecular weight is 556 g/mol. The molecule has 0 aliphatic carbocycles. The molecular weight excluding hydrogens is 522 g/mol. The highest BCUT2D eigenvalue weighted by atomic mass is 16.3. The minimum absolute atomic E-state index is 0.0515. The van der Waals surface area contributed by atoms with Gasteiger partial charge >= 0.3 is 0 Å². The molecule has 0 spiro atoms. The Balaban J connectivity index is 1.16. The van der Waals surface area contributed by atoms with Crippen LogP contribution in [-0.2, 0) is 17.6 Å². The van der Waals surface area contributed by atoms with Gasteiger partial charge in [-0.25, -0.2) is 4.98 Å². The molecule has 210 valence electrons. The molecule has 3 N–H and O–H groups in total. The molecule has 1 fully saturated rings. The first-order valence-corrected chi connectivity index (χ1v) is 14.5. The fraction of sp³-hybridized carbons (Fsp3) is 0.200. The van der Waals surface area contributed by atoms with Crippen LogP contribution in [0.25, 0.3) is 32.9 Å². The number of aromatic hydroxyl groups is 1. The fourth-order valence-electron chi connectivity index (χ4n) is 6.09. The number of piperazine rings is 1. The smallest absolute Gasteiger partial charge is 0.227 e. The molecule has 0 radical (unpaired) electrons. The molecule has 2 aromatic heterocycles. The molecule has 1 aliphatic rings. The van der Waals surface area contributed by atoms with Gasteiger partial charge in [0.15, 0.2) is 0 Å². The number of phenols is 1. The zero-order valence-corrected chi connectivity index (χ0v) is 23.3. The number of rotatable bonds is 7. The number of fused-ring (bicyclic) bond motifs is 2. The Morgan fingerprint density at radius 1 is 0.929 bits per heavy atom. The van der Waals surface area contributed by atoms with Gasteiger partial charge < -0.3 is 20.0 Å². The van der Waals surface area contributed by atoms with E-state index in [0.717, 1.165) is 53.1 Å². The third kappa shape index (κ3) is 5.27. The number of hydrogen-bond acceptors (Lipinski definition) is 4. The highest BCUT2D eigenvalue weighted by molar-refractivity contribution is 5.90. The normalized spacial score (nSPS) is 15.9. The van der Waals surface area contributed by atoms with Gasteiger partial charge in [0, 0.05) is 48.8 Å². The van der Waals surface area contributed by atoms with Crippen molar-refractivity contribution in [2.24, 2.45) is 0 Å². The molecule has 42 heavy (non-hydrogen) atoms. The number of imidazole rings is 1. The maximum absolute atomic E-state index is 13.9. The van der Waals surface area contributed by atoms with Crippen LogP contribution in [0.3, 0.4) is 0 Å². The van der Waals surface area contributed by atoms with Crippen LogP contribution in [0.15, 0.2) is 103 Å². The number of amides is 1. The van der Waals surface area contributed by atoms with Crippen LogP contribution in [-0.4, -0.2) is 61.9 Å². The second-order valence-corrected chi connectivity index (χ2v) is 11.1. The Hall–Kier alpha value is -4.88. The summed E-state index contributed by atoms with van der Waals surface area (Å²) in [5.41, 5.74) is 5.11. The van der Waals surface area contributed by atoms with E-state index in [0.29, 0.717) is 13.1 Å². The van der Waals surface area contributed by atoms with Crippen LogP contribution < -0.4 is 0 Å². The third-order valence-electron chi connectivity index (χ3n) is 8.41. The number of carbonyl (C=O) groups is 1. The Labute approximate surface area is 244 Å². The van der Waals surface area contributed by atoms with Crippen molar-refractivity contribution >= 4 is 27.6 Å². The van der Waals surface area contributed by atoms with E-state index in [1.807, 2.05) is 35.5 Å². The second-order valence-electron chi connectivity index (χ2n) is 11.1. The van der Waals surface area contributed by atoms with Crippen molar-refractivity contribution < 1.29 is 9.90 Å². The molecule has 0 saturated carbocycles. The van der Waals surface area contributed by atoms with E-state index in [1.54, 1.807) is 12.1 Å². The van der Waals surface area contributed by atoms with Crippen LogP contribution in [0.1, 0.15) is 23.0 Å². The zero-order chi connectivity index (χ0) is 28.5. The van der Waals surface area contributed by atoms with E-state index in [1.165, 1.54) is 16.3 Å². The molecule has 4 aromatic carbocycles. The van der Waals surface area contributed by atoms with Gasteiger partial charge in [-0.2, -0.15) is 0 Å². The van der Waals surface area contributed by atoms with Gasteiger partial charge in [-0.15, -0.1) is 0 Å². The molecule has 7 nitrogen and oxygen atoms in total. The number of nitrogens with zero attached hydrogens (tertiary/aromatic N) is 3. The number of benzene rings is 4. The van der Waals surface area contributed by atoms with Gasteiger partial charge in [-0.1, -0.05) is 66.7 Å². The SMILES string of the molecule is O=C(Cc1c[nH]c2ccc(O)cc12)N1CCN(CCc2ccccc2)CC1c1ncc(-c2ccc3ccccc3c2)[nH]1. The number of carbonyl (C=O) groups excluding carboxylic acids is 1. The molecule has 7 heteroatoms. The van der Waals surface area contributed by atoms with Crippen LogP contribution in [0, 0.1) is 0 Å². The van der Waals surface area contributed by atoms with Crippen LogP contribution in [0.2, 0.25) is 0 Å². The van der Waals surface area contributed by atoms with Crippen molar-refractivity contribution in [1.82, 2.24) is 24.8 Å². The lowest BCUT2D eigenvalue weighted by molar-refractivity contribution is -0.135. The fourth-order valence-corrected chi connectivity index (χ4v) is 6.09. The predicted molar refractivity (Wildman–Crippen MR) is 166 cm³/mol. The van der Waals surface area contributed by atoms with E-state index in [4.69, 9.17) is 4.98 Å². The molecule has 1 saturated heterocycles. The average Bonchev–Trinajstić information content (AvgIpc) is 3.68.